The third-order valence-electron chi connectivity index (χ3n) is 5.89. The number of likely N-dealkylation sites (tertiary alicyclic amines) is 1. The molecule has 0 atom stereocenters. The smallest absolute Gasteiger partial charge is 0.309 e. The molecule has 4 rings (SSSR count). The van der Waals surface area contributed by atoms with Gasteiger partial charge in [0.25, 0.3) is 0 Å². The lowest BCUT2D eigenvalue weighted by molar-refractivity contribution is -0.149. The molecule has 36 heavy (non-hydrogen) atoms. The lowest BCUT2D eigenvalue weighted by Gasteiger charge is -2.30. The highest BCUT2D eigenvalue weighted by molar-refractivity contribution is 5.92. The SMILES string of the molecule is CCOC(=O)C1CCN(CC(=O)Nc2ccc(Oc3ccc(OCc4ccccc4)cc3)nc2)CC1. The predicted molar refractivity (Wildman–Crippen MR) is 136 cm³/mol. The van der Waals surface area contributed by atoms with Crippen LogP contribution in [0.4, 0.5) is 5.69 Å². The van der Waals surface area contributed by atoms with Crippen molar-refractivity contribution in [2.75, 3.05) is 31.6 Å². The van der Waals surface area contributed by atoms with Crippen LogP contribution in [0.3, 0.4) is 0 Å². The topological polar surface area (TPSA) is 90.0 Å². The Morgan fingerprint density at radius 1 is 0.972 bits per heavy atom. The molecular weight excluding hydrogens is 458 g/mol. The fourth-order valence-corrected chi connectivity index (χ4v) is 3.97. The fourth-order valence-electron chi connectivity index (χ4n) is 3.97. The number of pyridine rings is 1. The average molecular weight is 490 g/mol. The van der Waals surface area contributed by atoms with E-state index in [2.05, 4.69) is 10.3 Å². The molecule has 1 fully saturated rings. The van der Waals surface area contributed by atoms with E-state index >= 15 is 0 Å². The van der Waals surface area contributed by atoms with E-state index in [1.807, 2.05) is 66.4 Å². The first-order valence-electron chi connectivity index (χ1n) is 12.2. The van der Waals surface area contributed by atoms with Crippen LogP contribution in [0.2, 0.25) is 0 Å². The Labute approximate surface area is 211 Å². The van der Waals surface area contributed by atoms with Crippen LogP contribution >= 0.6 is 0 Å². The molecule has 0 bridgehead atoms. The second-order valence-corrected chi connectivity index (χ2v) is 8.58. The second-order valence-electron chi connectivity index (χ2n) is 8.58. The van der Waals surface area contributed by atoms with Gasteiger partial charge in [-0.1, -0.05) is 30.3 Å². The third kappa shape index (κ3) is 7.55. The monoisotopic (exact) mass is 489 g/mol. The molecule has 0 unspecified atom stereocenters. The van der Waals surface area contributed by atoms with E-state index in [0.717, 1.165) is 11.3 Å². The van der Waals surface area contributed by atoms with Crippen LogP contribution in [0.15, 0.2) is 72.9 Å². The maximum absolute atomic E-state index is 12.4. The molecule has 0 saturated carbocycles. The van der Waals surface area contributed by atoms with E-state index in [4.69, 9.17) is 14.2 Å². The lowest BCUT2D eigenvalue weighted by Crippen LogP contribution is -2.41. The Kier molecular flexibility index (Phi) is 8.88. The molecule has 188 valence electrons. The Morgan fingerprint density at radius 2 is 1.69 bits per heavy atom. The summed E-state index contributed by atoms with van der Waals surface area (Å²) in [6.07, 6.45) is 2.98. The quantitative estimate of drug-likeness (QED) is 0.414. The number of carbonyl (C=O) groups is 2. The van der Waals surface area contributed by atoms with Crippen LogP contribution < -0.4 is 14.8 Å². The molecule has 1 amide bonds. The summed E-state index contributed by atoms with van der Waals surface area (Å²) >= 11 is 0. The summed E-state index contributed by atoms with van der Waals surface area (Å²) in [5.41, 5.74) is 1.70. The molecule has 8 nitrogen and oxygen atoms in total. The summed E-state index contributed by atoms with van der Waals surface area (Å²) < 4.78 is 16.7. The fraction of sp³-hybridized carbons (Fsp3) is 0.321. The largest absolute Gasteiger partial charge is 0.489 e. The van der Waals surface area contributed by atoms with Crippen molar-refractivity contribution in [3.8, 4) is 17.4 Å². The van der Waals surface area contributed by atoms with Crippen LogP contribution in [0.1, 0.15) is 25.3 Å². The molecule has 3 aromatic rings. The van der Waals surface area contributed by atoms with Crippen molar-refractivity contribution in [1.82, 2.24) is 9.88 Å². The summed E-state index contributed by atoms with van der Waals surface area (Å²) in [4.78, 5) is 30.6. The molecular formula is C28H31N3O5. The molecule has 2 aromatic carbocycles. The summed E-state index contributed by atoms with van der Waals surface area (Å²) in [5, 5.41) is 2.86. The highest BCUT2D eigenvalue weighted by Gasteiger charge is 2.26. The number of benzene rings is 2. The standard InChI is InChI=1S/C28H31N3O5/c1-2-34-28(33)22-14-16-31(17-15-22)19-26(32)30-23-8-13-27(29-18-23)36-25-11-9-24(10-12-25)35-20-21-6-4-3-5-7-21/h3-13,18,22H,2,14-17,19-20H2,1H3,(H,30,32). The molecule has 2 heterocycles. The molecule has 1 N–H and O–H groups in total. The van der Waals surface area contributed by atoms with Gasteiger partial charge < -0.3 is 19.5 Å². The van der Waals surface area contributed by atoms with Crippen molar-refractivity contribution in [2.45, 2.75) is 26.4 Å². The van der Waals surface area contributed by atoms with Crippen LogP contribution in [-0.4, -0.2) is 48.0 Å². The highest BCUT2D eigenvalue weighted by Crippen LogP contribution is 2.24. The first kappa shape index (κ1) is 25.2. The van der Waals surface area contributed by atoms with E-state index in [0.29, 0.717) is 56.5 Å². The molecule has 0 radical (unpaired) electrons. The number of hydrogen-bond donors (Lipinski definition) is 1. The Hall–Kier alpha value is -3.91. The Balaban J connectivity index is 1.20. The van der Waals surface area contributed by atoms with E-state index < -0.39 is 0 Å². The van der Waals surface area contributed by atoms with Gasteiger partial charge in [-0.15, -0.1) is 0 Å². The van der Waals surface area contributed by atoms with Gasteiger partial charge in [-0.25, -0.2) is 4.98 Å². The zero-order chi connectivity index (χ0) is 25.2. The number of anilines is 1. The van der Waals surface area contributed by atoms with Gasteiger partial charge in [0, 0.05) is 6.07 Å². The molecule has 0 spiro atoms. The minimum Gasteiger partial charge on any atom is -0.489 e. The summed E-state index contributed by atoms with van der Waals surface area (Å²) in [6.45, 7) is 4.37. The molecule has 1 aliphatic heterocycles. The molecule has 1 saturated heterocycles. The van der Waals surface area contributed by atoms with E-state index in [9.17, 15) is 9.59 Å². The molecule has 1 aliphatic rings. The van der Waals surface area contributed by atoms with Crippen molar-refractivity contribution in [1.29, 1.82) is 0 Å². The Morgan fingerprint density at radius 3 is 2.36 bits per heavy atom. The first-order chi connectivity index (χ1) is 17.6. The van der Waals surface area contributed by atoms with Gasteiger partial charge in [-0.2, -0.15) is 0 Å². The molecule has 1 aromatic heterocycles. The van der Waals surface area contributed by atoms with Gasteiger partial charge >= 0.3 is 5.97 Å². The normalized spacial score (nSPS) is 14.1. The van der Waals surface area contributed by atoms with Crippen LogP contribution in [0, 0.1) is 5.92 Å². The number of carbonyl (C=O) groups excluding carboxylic acids is 2. The number of nitrogens with one attached hydrogen (secondary N) is 1. The Bertz CT molecular complexity index is 1110. The number of amides is 1. The highest BCUT2D eigenvalue weighted by atomic mass is 16.5. The van der Waals surface area contributed by atoms with Gasteiger partial charge in [0.1, 0.15) is 18.1 Å². The van der Waals surface area contributed by atoms with Gasteiger partial charge in [0.05, 0.1) is 31.0 Å². The number of aromatic nitrogens is 1. The third-order valence-corrected chi connectivity index (χ3v) is 5.89. The van der Waals surface area contributed by atoms with Crippen molar-refractivity contribution < 1.29 is 23.8 Å². The van der Waals surface area contributed by atoms with Gasteiger partial charge in [0.15, 0.2) is 0 Å². The minimum atomic E-state index is -0.137. The van der Waals surface area contributed by atoms with E-state index in [-0.39, 0.29) is 24.3 Å². The summed E-state index contributed by atoms with van der Waals surface area (Å²) in [7, 11) is 0. The minimum absolute atomic E-state index is 0.0703. The average Bonchev–Trinajstić information content (AvgIpc) is 2.90. The van der Waals surface area contributed by atoms with Gasteiger partial charge in [-0.3, -0.25) is 14.5 Å². The number of piperidine rings is 1. The number of rotatable bonds is 10. The van der Waals surface area contributed by atoms with E-state index in [1.165, 1.54) is 0 Å². The summed E-state index contributed by atoms with van der Waals surface area (Å²) in [5.74, 6) is 1.49. The van der Waals surface area contributed by atoms with E-state index in [1.54, 1.807) is 18.3 Å². The first-order valence-corrected chi connectivity index (χ1v) is 12.2. The van der Waals surface area contributed by atoms with Crippen LogP contribution in [0.25, 0.3) is 0 Å². The lowest BCUT2D eigenvalue weighted by atomic mass is 9.97. The maximum Gasteiger partial charge on any atom is 0.309 e. The van der Waals surface area contributed by atoms with Crippen molar-refractivity contribution in [2.24, 2.45) is 5.92 Å². The molecule has 8 heteroatoms. The number of ether oxygens (including phenoxy) is 3. The van der Waals surface area contributed by atoms with Crippen LogP contribution in [0.5, 0.6) is 17.4 Å². The van der Waals surface area contributed by atoms with Crippen molar-refractivity contribution in [3.05, 3.63) is 78.5 Å². The van der Waals surface area contributed by atoms with Crippen molar-refractivity contribution >= 4 is 17.6 Å². The second kappa shape index (κ2) is 12.7. The number of hydrogen-bond acceptors (Lipinski definition) is 7. The number of esters is 1. The zero-order valence-corrected chi connectivity index (χ0v) is 20.4. The predicted octanol–water partition coefficient (Wildman–Crippen LogP) is 4.67. The van der Waals surface area contributed by atoms with Crippen LogP contribution in [-0.2, 0) is 20.9 Å². The van der Waals surface area contributed by atoms with Gasteiger partial charge in [-0.05, 0) is 68.8 Å². The number of nitrogens with zero attached hydrogens (tertiary/aromatic N) is 2. The van der Waals surface area contributed by atoms with Gasteiger partial charge in [0.2, 0.25) is 11.8 Å². The zero-order valence-electron chi connectivity index (χ0n) is 20.4. The summed E-state index contributed by atoms with van der Waals surface area (Å²) in [6, 6.07) is 20.8. The maximum atomic E-state index is 12.4. The molecule has 0 aliphatic carbocycles. The van der Waals surface area contributed by atoms with Crippen molar-refractivity contribution in [3.63, 3.8) is 0 Å².